The Bertz CT molecular complexity index is 624. The Morgan fingerprint density at radius 3 is 2.66 bits per heavy atom. The maximum atomic E-state index is 10.8. The number of fused-ring (bicyclic) bond motifs is 5. The molecule has 1 aliphatic heterocycles. The van der Waals surface area contributed by atoms with Crippen molar-refractivity contribution >= 4 is 0 Å². The normalized spacial score (nSPS) is 48.3. The summed E-state index contributed by atoms with van der Waals surface area (Å²) < 4.78 is 6.36. The van der Waals surface area contributed by atoms with E-state index in [4.69, 9.17) is 4.74 Å². The summed E-state index contributed by atoms with van der Waals surface area (Å²) in [4.78, 5) is 0. The summed E-state index contributed by atoms with van der Waals surface area (Å²) in [5, 5.41) is 10.8. The van der Waals surface area contributed by atoms with Crippen molar-refractivity contribution < 1.29 is 9.84 Å². The molecule has 3 aliphatic carbocycles. The molecule has 2 nitrogen and oxygen atoms in total. The summed E-state index contributed by atoms with van der Waals surface area (Å²) >= 11 is 0. The Hall–Kier alpha value is -0.340. The zero-order valence-electron chi connectivity index (χ0n) is 19.9. The topological polar surface area (TPSA) is 29.5 Å². The summed E-state index contributed by atoms with van der Waals surface area (Å²) in [5.74, 6) is 4.24. The first-order valence-corrected chi connectivity index (χ1v) is 12.7. The van der Waals surface area contributed by atoms with Crippen molar-refractivity contribution in [2.75, 3.05) is 6.61 Å². The van der Waals surface area contributed by atoms with Gasteiger partial charge in [0.25, 0.3) is 0 Å². The molecule has 29 heavy (non-hydrogen) atoms. The molecule has 2 heteroatoms. The van der Waals surface area contributed by atoms with Crippen molar-refractivity contribution in [2.45, 2.75) is 105 Å². The Balaban J connectivity index is 1.63. The van der Waals surface area contributed by atoms with Crippen molar-refractivity contribution in [1.29, 1.82) is 0 Å². The predicted molar refractivity (Wildman–Crippen MR) is 121 cm³/mol. The lowest BCUT2D eigenvalue weighted by molar-refractivity contribution is -0.168. The SMILES string of the molecule is CCC(O)C1COC(C)C2(C)C3=CCC4CC(CC(C)C)CCC4(C)C3CCC12. The van der Waals surface area contributed by atoms with Crippen LogP contribution in [0.2, 0.25) is 0 Å². The highest BCUT2D eigenvalue weighted by molar-refractivity contribution is 5.30. The Morgan fingerprint density at radius 1 is 1.21 bits per heavy atom. The van der Waals surface area contributed by atoms with Crippen molar-refractivity contribution in [1.82, 2.24) is 0 Å². The third-order valence-electron chi connectivity index (χ3n) is 10.2. The van der Waals surface area contributed by atoms with Gasteiger partial charge in [-0.1, -0.05) is 46.3 Å². The van der Waals surface area contributed by atoms with Crippen LogP contribution < -0.4 is 0 Å². The fourth-order valence-corrected chi connectivity index (χ4v) is 8.34. The molecule has 4 aliphatic rings. The van der Waals surface area contributed by atoms with E-state index in [0.717, 1.165) is 36.7 Å². The van der Waals surface area contributed by atoms with Gasteiger partial charge in [-0.3, -0.25) is 0 Å². The minimum absolute atomic E-state index is 0.102. The first-order chi connectivity index (χ1) is 13.7. The van der Waals surface area contributed by atoms with E-state index in [1.165, 1.54) is 44.9 Å². The van der Waals surface area contributed by atoms with E-state index in [2.05, 4.69) is 47.6 Å². The van der Waals surface area contributed by atoms with Gasteiger partial charge in [0.05, 0.1) is 18.8 Å². The molecule has 4 rings (SSSR count). The molecule has 1 N–H and O–H groups in total. The van der Waals surface area contributed by atoms with Crippen LogP contribution in [0, 0.1) is 46.3 Å². The molecule has 166 valence electrons. The number of rotatable bonds is 4. The molecule has 0 spiro atoms. The van der Waals surface area contributed by atoms with E-state index in [0.29, 0.717) is 17.3 Å². The number of ether oxygens (including phenoxy) is 1. The molecule has 0 aromatic carbocycles. The van der Waals surface area contributed by atoms with Crippen LogP contribution in [0.1, 0.15) is 92.9 Å². The number of hydrogen-bond donors (Lipinski definition) is 1. The number of aliphatic hydroxyl groups is 1. The molecule has 3 fully saturated rings. The summed E-state index contributed by atoms with van der Waals surface area (Å²) in [7, 11) is 0. The van der Waals surface area contributed by atoms with Crippen LogP contribution in [0.3, 0.4) is 0 Å². The van der Waals surface area contributed by atoms with Gasteiger partial charge >= 0.3 is 0 Å². The van der Waals surface area contributed by atoms with Gasteiger partial charge in [0.2, 0.25) is 0 Å². The highest BCUT2D eigenvalue weighted by Gasteiger charge is 2.59. The Kier molecular flexibility index (Phi) is 6.01. The molecule has 9 unspecified atom stereocenters. The highest BCUT2D eigenvalue weighted by atomic mass is 16.5. The smallest absolute Gasteiger partial charge is 0.0640 e. The number of hydrogen-bond acceptors (Lipinski definition) is 2. The minimum Gasteiger partial charge on any atom is -0.393 e. The third-order valence-corrected chi connectivity index (χ3v) is 10.2. The van der Waals surface area contributed by atoms with Crippen molar-refractivity contribution in [3.05, 3.63) is 11.6 Å². The summed E-state index contributed by atoms with van der Waals surface area (Å²) in [6, 6.07) is 0. The molecule has 0 aromatic heterocycles. The standard InChI is InChI=1S/C27H46O2/c1-7-25(28)21-16-29-18(4)27(6)22(21)10-11-23-24(27)9-8-20-15-19(14-17(2)3)12-13-26(20,23)5/h9,17-23,25,28H,7-8,10-16H2,1-6H3. The van der Waals surface area contributed by atoms with Gasteiger partial charge in [0.1, 0.15) is 0 Å². The first-order valence-electron chi connectivity index (χ1n) is 12.7. The molecule has 1 saturated heterocycles. The van der Waals surface area contributed by atoms with Crippen LogP contribution in [0.5, 0.6) is 0 Å². The highest BCUT2D eigenvalue weighted by Crippen LogP contribution is 2.65. The van der Waals surface area contributed by atoms with Crippen LogP contribution in [0.4, 0.5) is 0 Å². The zero-order valence-corrected chi connectivity index (χ0v) is 19.9. The number of allylic oxidation sites excluding steroid dienone is 1. The third kappa shape index (κ3) is 3.45. The van der Waals surface area contributed by atoms with E-state index >= 15 is 0 Å². The molecular weight excluding hydrogens is 356 g/mol. The van der Waals surface area contributed by atoms with E-state index in [-0.39, 0.29) is 17.6 Å². The second kappa shape index (κ2) is 7.97. The maximum absolute atomic E-state index is 10.8. The van der Waals surface area contributed by atoms with E-state index in [1.54, 1.807) is 5.57 Å². The monoisotopic (exact) mass is 402 g/mol. The molecule has 2 saturated carbocycles. The predicted octanol–water partition coefficient (Wildman–Crippen LogP) is 6.62. The molecule has 0 bridgehead atoms. The summed E-state index contributed by atoms with van der Waals surface area (Å²) in [6.45, 7) is 15.1. The van der Waals surface area contributed by atoms with E-state index in [9.17, 15) is 5.11 Å². The van der Waals surface area contributed by atoms with Gasteiger partial charge in [-0.2, -0.15) is 0 Å². The molecule has 0 aromatic rings. The van der Waals surface area contributed by atoms with Gasteiger partial charge < -0.3 is 9.84 Å². The Morgan fingerprint density at radius 2 is 1.97 bits per heavy atom. The van der Waals surface area contributed by atoms with E-state index in [1.807, 2.05) is 0 Å². The average molecular weight is 403 g/mol. The van der Waals surface area contributed by atoms with Crippen molar-refractivity contribution in [3.63, 3.8) is 0 Å². The molecule has 1 heterocycles. The lowest BCUT2D eigenvalue weighted by Gasteiger charge is -2.63. The Labute approximate surface area is 179 Å². The summed E-state index contributed by atoms with van der Waals surface area (Å²) in [6.07, 6.45) is 13.1. The fourth-order valence-electron chi connectivity index (χ4n) is 8.34. The van der Waals surface area contributed by atoms with Crippen LogP contribution in [0.15, 0.2) is 11.6 Å². The van der Waals surface area contributed by atoms with Gasteiger partial charge in [-0.15, -0.1) is 0 Å². The zero-order chi connectivity index (χ0) is 21.0. The second-order valence-corrected chi connectivity index (χ2v) is 12.0. The van der Waals surface area contributed by atoms with E-state index < -0.39 is 0 Å². The van der Waals surface area contributed by atoms with Crippen LogP contribution in [0.25, 0.3) is 0 Å². The quantitative estimate of drug-likeness (QED) is 0.535. The maximum Gasteiger partial charge on any atom is 0.0640 e. The molecular formula is C27H46O2. The first kappa shape index (κ1) is 21.9. The molecule has 0 radical (unpaired) electrons. The van der Waals surface area contributed by atoms with Gasteiger partial charge in [0.15, 0.2) is 0 Å². The molecule has 9 atom stereocenters. The van der Waals surface area contributed by atoms with Gasteiger partial charge in [-0.05, 0) is 93.3 Å². The second-order valence-electron chi connectivity index (χ2n) is 12.0. The molecule has 0 amide bonds. The van der Waals surface area contributed by atoms with Gasteiger partial charge in [-0.25, -0.2) is 0 Å². The number of aliphatic hydroxyl groups excluding tert-OH is 1. The average Bonchev–Trinajstić information content (AvgIpc) is 2.68. The fraction of sp³-hybridized carbons (Fsp3) is 0.926. The minimum atomic E-state index is -0.220. The summed E-state index contributed by atoms with van der Waals surface area (Å²) in [5.41, 5.74) is 2.29. The van der Waals surface area contributed by atoms with Crippen LogP contribution in [-0.4, -0.2) is 23.9 Å². The van der Waals surface area contributed by atoms with Crippen LogP contribution >= 0.6 is 0 Å². The lowest BCUT2D eigenvalue weighted by atomic mass is 9.44. The van der Waals surface area contributed by atoms with Crippen molar-refractivity contribution in [2.24, 2.45) is 46.3 Å². The largest absolute Gasteiger partial charge is 0.393 e. The van der Waals surface area contributed by atoms with Crippen molar-refractivity contribution in [3.8, 4) is 0 Å². The van der Waals surface area contributed by atoms with Crippen LogP contribution in [-0.2, 0) is 4.74 Å². The van der Waals surface area contributed by atoms with Gasteiger partial charge in [0, 0.05) is 11.3 Å². The lowest BCUT2D eigenvalue weighted by Crippen LogP contribution is -2.59.